The Balaban J connectivity index is 1.37. The number of fused-ring (bicyclic) bond motifs is 4. The molecule has 194 valence electrons. The van der Waals surface area contributed by atoms with Gasteiger partial charge in [-0.2, -0.15) is 0 Å². The first-order valence-electron chi connectivity index (χ1n) is 13.5. The molecule has 40 heavy (non-hydrogen) atoms. The highest BCUT2D eigenvalue weighted by atomic mass is 16.5. The molecule has 6 aromatic rings. The van der Waals surface area contributed by atoms with Gasteiger partial charge in [-0.25, -0.2) is 4.98 Å². The molecule has 0 saturated heterocycles. The number of para-hydroxylation sites is 3. The van der Waals surface area contributed by atoms with Gasteiger partial charge in [0.15, 0.2) is 7.05 Å². The number of pyridine rings is 1. The van der Waals surface area contributed by atoms with Gasteiger partial charge in [-0.3, -0.25) is 4.57 Å². The molecule has 0 unspecified atom stereocenters. The summed E-state index contributed by atoms with van der Waals surface area (Å²) in [7, 11) is 2.03. The number of aromatic nitrogens is 2. The monoisotopic (exact) mass is 522 g/mol. The summed E-state index contributed by atoms with van der Waals surface area (Å²) in [4.78, 5) is 4.66. The second kappa shape index (κ2) is 9.04. The maximum atomic E-state index is 6.62. The van der Waals surface area contributed by atoms with Gasteiger partial charge in [0.25, 0.3) is 11.4 Å². The van der Waals surface area contributed by atoms with Crippen LogP contribution < -0.4 is 9.31 Å². The minimum atomic E-state index is -0.0609. The number of benzene rings is 4. The fraction of sp³-hybridized carbons (Fsp3) is 0.143. The van der Waals surface area contributed by atoms with Gasteiger partial charge in [-0.05, 0) is 52.0 Å². The second-order valence-electron chi connectivity index (χ2n) is 11.3. The average Bonchev–Trinajstić information content (AvgIpc) is 3.47. The van der Waals surface area contributed by atoms with Crippen molar-refractivity contribution >= 4 is 44.9 Å². The van der Waals surface area contributed by atoms with Crippen molar-refractivity contribution in [1.82, 2.24) is 14.1 Å². The summed E-state index contributed by atoms with van der Waals surface area (Å²) in [5.41, 5.74) is 6.55. The van der Waals surface area contributed by atoms with Gasteiger partial charge >= 0.3 is 6.01 Å². The molecule has 5 nitrogen and oxygen atoms in total. The number of rotatable bonds is 4. The van der Waals surface area contributed by atoms with E-state index in [1.165, 1.54) is 16.3 Å². The molecule has 1 aliphatic rings. The van der Waals surface area contributed by atoms with Gasteiger partial charge in [0, 0.05) is 41.2 Å². The lowest BCUT2D eigenvalue weighted by atomic mass is 9.86. The van der Waals surface area contributed by atoms with E-state index in [2.05, 4.69) is 126 Å². The van der Waals surface area contributed by atoms with Crippen LogP contribution in [0.5, 0.6) is 11.5 Å². The van der Waals surface area contributed by atoms with Crippen LogP contribution in [0, 0.1) is 0 Å². The summed E-state index contributed by atoms with van der Waals surface area (Å²) < 4.78 is 13.0. The van der Waals surface area contributed by atoms with E-state index in [4.69, 9.17) is 4.74 Å². The lowest BCUT2D eigenvalue weighted by Crippen LogP contribution is -2.12. The number of ether oxygens (including phenoxy) is 1. The summed E-state index contributed by atoms with van der Waals surface area (Å²) in [5.74, 6) is 2.44. The van der Waals surface area contributed by atoms with Gasteiger partial charge in [0.1, 0.15) is 17.3 Å². The van der Waals surface area contributed by atoms with Crippen molar-refractivity contribution in [2.45, 2.75) is 26.2 Å². The van der Waals surface area contributed by atoms with Gasteiger partial charge < -0.3 is 4.74 Å². The van der Waals surface area contributed by atoms with Gasteiger partial charge in [-0.1, -0.05) is 61.7 Å². The Morgan fingerprint density at radius 1 is 0.725 bits per heavy atom. The maximum Gasteiger partial charge on any atom is 0.496 e. The van der Waals surface area contributed by atoms with E-state index in [1.54, 1.807) is 0 Å². The molecule has 5 heteroatoms. The topological polar surface area (TPSA) is 33.1 Å². The van der Waals surface area contributed by atoms with E-state index in [0.717, 1.165) is 45.4 Å². The third-order valence-corrected chi connectivity index (χ3v) is 7.51. The lowest BCUT2D eigenvalue weighted by Gasteiger charge is -2.20. The first-order valence-corrected chi connectivity index (χ1v) is 13.5. The van der Waals surface area contributed by atoms with E-state index in [1.807, 2.05) is 36.0 Å². The quantitative estimate of drug-likeness (QED) is 0.217. The Kier molecular flexibility index (Phi) is 5.44. The van der Waals surface area contributed by atoms with Crippen LogP contribution in [0.15, 0.2) is 109 Å². The normalized spacial score (nSPS) is 12.9. The number of nitrogens with zero attached hydrogens (tertiary/aromatic N) is 4. The highest BCUT2D eigenvalue weighted by Gasteiger charge is 2.33. The maximum absolute atomic E-state index is 6.62. The molecular weight excluding hydrogens is 492 g/mol. The molecule has 0 amide bonds. The number of hydrogen-bond acceptors (Lipinski definition) is 2. The predicted molar refractivity (Wildman–Crippen MR) is 163 cm³/mol. The molecular formula is C35H30N4O+2. The van der Waals surface area contributed by atoms with E-state index < -0.39 is 0 Å². The Hall–Kier alpha value is -4.99. The highest BCUT2D eigenvalue weighted by molar-refractivity contribution is 6.09. The molecule has 2 aromatic heterocycles. The second-order valence-corrected chi connectivity index (χ2v) is 11.3. The van der Waals surface area contributed by atoms with E-state index in [9.17, 15) is 0 Å². The third kappa shape index (κ3) is 4.00. The standard InChI is InChI=1S/C35H30N4O/c1-35(2,3)24-19-25(38-23-37(4)31-13-7-8-14-32(31)38)21-27(20-24)40-26-16-17-29-28-11-5-6-12-30(28)39(33(29)22-26)34-15-9-10-18-36-34/h5-22H,1-4H3/q+2. The average molecular weight is 523 g/mol. The van der Waals surface area contributed by atoms with Crippen LogP contribution in [0.2, 0.25) is 0 Å². The highest BCUT2D eigenvalue weighted by Crippen LogP contribution is 2.39. The van der Waals surface area contributed by atoms with Crippen molar-refractivity contribution in [1.29, 1.82) is 0 Å². The van der Waals surface area contributed by atoms with Gasteiger partial charge in [0.2, 0.25) is 5.69 Å². The largest absolute Gasteiger partial charge is 0.496 e. The summed E-state index contributed by atoms with van der Waals surface area (Å²) in [5, 5.41) is 2.35. The lowest BCUT2D eigenvalue weighted by molar-refractivity contribution is -0.394. The Morgan fingerprint density at radius 3 is 2.27 bits per heavy atom. The minimum Gasteiger partial charge on any atom is -0.457 e. The van der Waals surface area contributed by atoms with E-state index >= 15 is 0 Å². The first-order chi connectivity index (χ1) is 19.4. The minimum absolute atomic E-state index is 0.0609. The number of hydrogen-bond donors (Lipinski definition) is 0. The van der Waals surface area contributed by atoms with Crippen LogP contribution in [0.4, 0.5) is 17.1 Å². The zero-order chi connectivity index (χ0) is 27.4. The van der Waals surface area contributed by atoms with Crippen molar-refractivity contribution in [2.75, 3.05) is 7.05 Å². The van der Waals surface area contributed by atoms with E-state index in [-0.39, 0.29) is 5.41 Å². The fourth-order valence-corrected chi connectivity index (χ4v) is 5.48. The van der Waals surface area contributed by atoms with Crippen molar-refractivity contribution in [3.8, 4) is 17.3 Å². The van der Waals surface area contributed by atoms with Crippen LogP contribution in [0.1, 0.15) is 26.3 Å². The fourth-order valence-electron chi connectivity index (χ4n) is 5.48. The van der Waals surface area contributed by atoms with Crippen LogP contribution in [-0.2, 0) is 5.41 Å². The van der Waals surface area contributed by atoms with Crippen LogP contribution >= 0.6 is 0 Å². The molecule has 0 spiro atoms. The molecule has 0 fully saturated rings. The van der Waals surface area contributed by atoms with E-state index in [0.29, 0.717) is 0 Å². The summed E-state index contributed by atoms with van der Waals surface area (Å²) in [6.07, 6.45) is 1.83. The first kappa shape index (κ1) is 24.1. The van der Waals surface area contributed by atoms with Gasteiger partial charge in [0.05, 0.1) is 17.1 Å². The van der Waals surface area contributed by atoms with Gasteiger partial charge in [-0.15, -0.1) is 0 Å². The van der Waals surface area contributed by atoms with Crippen molar-refractivity contribution in [3.05, 3.63) is 115 Å². The van der Waals surface area contributed by atoms with Crippen molar-refractivity contribution in [2.24, 2.45) is 0 Å². The molecule has 0 atom stereocenters. The third-order valence-electron chi connectivity index (χ3n) is 7.51. The Labute approximate surface area is 233 Å². The molecule has 3 heterocycles. The Morgan fingerprint density at radius 2 is 1.48 bits per heavy atom. The van der Waals surface area contributed by atoms with Crippen molar-refractivity contribution < 1.29 is 9.31 Å². The zero-order valence-corrected chi connectivity index (χ0v) is 23.1. The summed E-state index contributed by atoms with van der Waals surface area (Å²) in [6, 6.07) is 39.1. The molecule has 1 aliphatic heterocycles. The smallest absolute Gasteiger partial charge is 0.457 e. The predicted octanol–water partition coefficient (Wildman–Crippen LogP) is 8.56. The van der Waals surface area contributed by atoms with Crippen molar-refractivity contribution in [3.63, 3.8) is 0 Å². The zero-order valence-electron chi connectivity index (χ0n) is 23.1. The van der Waals surface area contributed by atoms with Crippen LogP contribution in [-0.4, -0.2) is 27.2 Å². The van der Waals surface area contributed by atoms with Crippen LogP contribution in [0.25, 0.3) is 27.6 Å². The SMILES string of the molecule is C[N+]1=C=[N+](c2cc(Oc3ccc4c5ccccc5n(-c5ccccn5)c4c3)cc(C(C)(C)C)c2)c2ccccc21. The molecule has 4 aromatic carbocycles. The molecule has 0 saturated carbocycles. The molecule has 0 N–H and O–H groups in total. The molecule has 0 radical (unpaired) electrons. The molecule has 0 bridgehead atoms. The summed E-state index contributed by atoms with van der Waals surface area (Å²) in [6.45, 7) is 6.68. The molecule has 7 rings (SSSR count). The van der Waals surface area contributed by atoms with Crippen LogP contribution in [0.3, 0.4) is 0 Å². The summed E-state index contributed by atoms with van der Waals surface area (Å²) >= 11 is 0. The Bertz CT molecular complexity index is 2010. The molecule has 0 aliphatic carbocycles.